The van der Waals surface area contributed by atoms with Crippen LogP contribution >= 0.6 is 0 Å². The standard InChI is InChI=1S/C19H21N3O4/c23-17(15-4-1-2-8-20-15)21-14-12-19(26-13-14)6-9-22(10-7-19)18(24)16-5-3-11-25-16/h1-5,8,11,14H,6-7,9-10,12-13H2,(H,21,23)/t14-/m0/s1. The van der Waals surface area contributed by atoms with Crippen LogP contribution in [0.1, 0.15) is 40.3 Å². The molecule has 4 rings (SSSR count). The lowest BCUT2D eigenvalue weighted by molar-refractivity contribution is -0.0393. The Hall–Kier alpha value is -2.67. The highest BCUT2D eigenvalue weighted by Gasteiger charge is 2.44. The van der Waals surface area contributed by atoms with Gasteiger partial charge >= 0.3 is 0 Å². The molecule has 0 unspecified atom stereocenters. The highest BCUT2D eigenvalue weighted by atomic mass is 16.5. The highest BCUT2D eigenvalue weighted by Crippen LogP contribution is 2.36. The number of rotatable bonds is 3. The van der Waals surface area contributed by atoms with Crippen LogP contribution in [-0.2, 0) is 4.74 Å². The third-order valence-electron chi connectivity index (χ3n) is 5.14. The van der Waals surface area contributed by atoms with E-state index in [9.17, 15) is 9.59 Å². The molecular formula is C19H21N3O4. The van der Waals surface area contributed by atoms with Crippen molar-refractivity contribution in [3.05, 3.63) is 54.2 Å². The lowest BCUT2D eigenvalue weighted by Gasteiger charge is -2.38. The van der Waals surface area contributed by atoms with Crippen molar-refractivity contribution in [3.63, 3.8) is 0 Å². The number of carbonyl (C=O) groups excluding carboxylic acids is 2. The largest absolute Gasteiger partial charge is 0.459 e. The van der Waals surface area contributed by atoms with Gasteiger partial charge in [0.2, 0.25) is 0 Å². The van der Waals surface area contributed by atoms with Crippen LogP contribution in [0.3, 0.4) is 0 Å². The van der Waals surface area contributed by atoms with Crippen LogP contribution < -0.4 is 5.32 Å². The summed E-state index contributed by atoms with van der Waals surface area (Å²) in [4.78, 5) is 30.5. The van der Waals surface area contributed by atoms with E-state index in [4.69, 9.17) is 9.15 Å². The topological polar surface area (TPSA) is 84.7 Å². The van der Waals surface area contributed by atoms with E-state index in [0.29, 0.717) is 31.2 Å². The average Bonchev–Trinajstić information content (AvgIpc) is 3.33. The minimum absolute atomic E-state index is 0.0307. The van der Waals surface area contributed by atoms with Crippen molar-refractivity contribution in [1.29, 1.82) is 0 Å². The molecule has 2 amide bonds. The second-order valence-corrected chi connectivity index (χ2v) is 6.85. The average molecular weight is 355 g/mol. The number of amides is 2. The molecule has 0 saturated carbocycles. The molecule has 136 valence electrons. The Balaban J connectivity index is 1.31. The van der Waals surface area contributed by atoms with E-state index in [-0.39, 0.29) is 23.5 Å². The van der Waals surface area contributed by atoms with Crippen LogP contribution in [0.5, 0.6) is 0 Å². The van der Waals surface area contributed by atoms with E-state index in [1.165, 1.54) is 6.26 Å². The quantitative estimate of drug-likeness (QED) is 0.909. The molecule has 2 saturated heterocycles. The molecule has 0 radical (unpaired) electrons. The molecule has 1 spiro atoms. The van der Waals surface area contributed by atoms with Gasteiger partial charge in [0.05, 0.1) is 24.5 Å². The summed E-state index contributed by atoms with van der Waals surface area (Å²) < 4.78 is 11.2. The fraction of sp³-hybridized carbons (Fsp3) is 0.421. The SMILES string of the molecule is O=C(N[C@@H]1COC2(CCN(C(=O)c3ccco3)CC2)C1)c1ccccn1. The number of piperidine rings is 1. The third kappa shape index (κ3) is 3.35. The molecule has 0 aliphatic carbocycles. The molecule has 2 aromatic heterocycles. The number of nitrogens with zero attached hydrogens (tertiary/aromatic N) is 2. The number of pyridine rings is 1. The Kier molecular flexibility index (Phi) is 4.46. The summed E-state index contributed by atoms with van der Waals surface area (Å²) in [5.74, 6) is 0.110. The molecule has 0 bridgehead atoms. The van der Waals surface area contributed by atoms with Gasteiger partial charge in [0.1, 0.15) is 5.69 Å². The molecule has 2 aromatic rings. The van der Waals surface area contributed by atoms with Crippen molar-refractivity contribution in [2.45, 2.75) is 30.9 Å². The smallest absolute Gasteiger partial charge is 0.289 e. The van der Waals surface area contributed by atoms with Crippen molar-refractivity contribution < 1.29 is 18.7 Å². The Labute approximate surface area is 151 Å². The molecule has 2 fully saturated rings. The second-order valence-electron chi connectivity index (χ2n) is 6.85. The van der Waals surface area contributed by atoms with E-state index >= 15 is 0 Å². The van der Waals surface area contributed by atoms with Crippen molar-refractivity contribution in [1.82, 2.24) is 15.2 Å². The lowest BCUT2D eigenvalue weighted by Crippen LogP contribution is -2.47. The summed E-state index contributed by atoms with van der Waals surface area (Å²) in [6.07, 6.45) is 5.39. The molecule has 2 aliphatic rings. The molecule has 2 aliphatic heterocycles. The van der Waals surface area contributed by atoms with Gasteiger partial charge in [-0.3, -0.25) is 14.6 Å². The number of furan rings is 1. The summed E-state index contributed by atoms with van der Waals surface area (Å²) in [6, 6.07) is 8.63. The number of likely N-dealkylation sites (tertiary alicyclic amines) is 1. The molecular weight excluding hydrogens is 334 g/mol. The number of carbonyl (C=O) groups is 2. The molecule has 7 heteroatoms. The van der Waals surface area contributed by atoms with Gasteiger partial charge in [-0.15, -0.1) is 0 Å². The number of aromatic nitrogens is 1. The molecule has 0 aromatic carbocycles. The van der Waals surface area contributed by atoms with Gasteiger partial charge in [-0.2, -0.15) is 0 Å². The maximum Gasteiger partial charge on any atom is 0.289 e. The summed E-state index contributed by atoms with van der Waals surface area (Å²) in [5.41, 5.74) is 0.148. The summed E-state index contributed by atoms with van der Waals surface area (Å²) >= 11 is 0. The van der Waals surface area contributed by atoms with Gasteiger partial charge in [-0.1, -0.05) is 6.07 Å². The van der Waals surface area contributed by atoms with Gasteiger partial charge in [0.25, 0.3) is 11.8 Å². The Bertz CT molecular complexity index is 767. The van der Waals surface area contributed by atoms with Crippen molar-refractivity contribution in [2.75, 3.05) is 19.7 Å². The fourth-order valence-electron chi connectivity index (χ4n) is 3.72. The highest BCUT2D eigenvalue weighted by molar-refractivity contribution is 5.92. The maximum absolute atomic E-state index is 12.4. The van der Waals surface area contributed by atoms with Gasteiger partial charge in [0.15, 0.2) is 5.76 Å². The molecule has 1 N–H and O–H groups in total. The van der Waals surface area contributed by atoms with E-state index in [0.717, 1.165) is 19.3 Å². The van der Waals surface area contributed by atoms with Crippen molar-refractivity contribution in [2.24, 2.45) is 0 Å². The van der Waals surface area contributed by atoms with E-state index in [2.05, 4.69) is 10.3 Å². The lowest BCUT2D eigenvalue weighted by atomic mass is 9.87. The molecule has 4 heterocycles. The van der Waals surface area contributed by atoms with Crippen LogP contribution in [0.4, 0.5) is 0 Å². The number of hydrogen-bond donors (Lipinski definition) is 1. The zero-order valence-corrected chi connectivity index (χ0v) is 14.4. The Morgan fingerprint density at radius 3 is 2.73 bits per heavy atom. The number of nitrogens with one attached hydrogen (secondary N) is 1. The first-order chi connectivity index (χ1) is 12.7. The van der Waals surface area contributed by atoms with E-state index in [1.54, 1.807) is 41.4 Å². The van der Waals surface area contributed by atoms with Crippen molar-refractivity contribution >= 4 is 11.8 Å². The first-order valence-electron chi connectivity index (χ1n) is 8.84. The van der Waals surface area contributed by atoms with Gasteiger partial charge in [-0.05, 0) is 43.5 Å². The van der Waals surface area contributed by atoms with Crippen LogP contribution in [0, 0.1) is 0 Å². The van der Waals surface area contributed by atoms with Crippen LogP contribution in [0.2, 0.25) is 0 Å². The monoisotopic (exact) mass is 355 g/mol. The summed E-state index contributed by atoms with van der Waals surface area (Å²) in [5, 5.41) is 3.00. The van der Waals surface area contributed by atoms with Crippen LogP contribution in [0.25, 0.3) is 0 Å². The Morgan fingerprint density at radius 2 is 2.04 bits per heavy atom. The molecule has 26 heavy (non-hydrogen) atoms. The van der Waals surface area contributed by atoms with Gasteiger partial charge in [-0.25, -0.2) is 0 Å². The maximum atomic E-state index is 12.4. The minimum Gasteiger partial charge on any atom is -0.459 e. The summed E-state index contributed by atoms with van der Waals surface area (Å²) in [6.45, 7) is 1.74. The number of hydrogen-bond acceptors (Lipinski definition) is 5. The van der Waals surface area contributed by atoms with Gasteiger partial charge in [0, 0.05) is 19.3 Å². The predicted octanol–water partition coefficient (Wildman–Crippen LogP) is 1.87. The third-order valence-corrected chi connectivity index (χ3v) is 5.14. The fourth-order valence-corrected chi connectivity index (χ4v) is 3.72. The zero-order valence-electron chi connectivity index (χ0n) is 14.4. The first kappa shape index (κ1) is 16.8. The predicted molar refractivity (Wildman–Crippen MR) is 92.6 cm³/mol. The minimum atomic E-state index is -0.262. The Morgan fingerprint density at radius 1 is 1.19 bits per heavy atom. The van der Waals surface area contributed by atoms with E-state index in [1.807, 2.05) is 0 Å². The van der Waals surface area contributed by atoms with E-state index < -0.39 is 0 Å². The molecule has 7 nitrogen and oxygen atoms in total. The van der Waals surface area contributed by atoms with Crippen LogP contribution in [0.15, 0.2) is 47.2 Å². The van der Waals surface area contributed by atoms with Crippen molar-refractivity contribution in [3.8, 4) is 0 Å². The number of ether oxygens (including phenoxy) is 1. The van der Waals surface area contributed by atoms with Crippen LogP contribution in [-0.4, -0.2) is 53.0 Å². The first-order valence-corrected chi connectivity index (χ1v) is 8.84. The van der Waals surface area contributed by atoms with Gasteiger partial charge < -0.3 is 19.4 Å². The molecule has 1 atom stereocenters. The zero-order chi connectivity index (χ0) is 18.0. The second kappa shape index (κ2) is 6.92. The summed E-state index contributed by atoms with van der Waals surface area (Å²) in [7, 11) is 0. The normalized spacial score (nSPS) is 21.7.